The Morgan fingerprint density at radius 1 is 1.00 bits per heavy atom. The zero-order chi connectivity index (χ0) is 19.8. The predicted octanol–water partition coefficient (Wildman–Crippen LogP) is 0.241. The summed E-state index contributed by atoms with van der Waals surface area (Å²) in [4.78, 5) is 12.4. The Balaban J connectivity index is 1.64. The summed E-state index contributed by atoms with van der Waals surface area (Å²) in [5, 5.41) is 40.0. The van der Waals surface area contributed by atoms with Crippen LogP contribution in [0.4, 0.5) is 0 Å². The van der Waals surface area contributed by atoms with E-state index in [9.17, 15) is 25.2 Å². The predicted molar refractivity (Wildman–Crippen MR) is 98.1 cm³/mol. The van der Waals surface area contributed by atoms with Gasteiger partial charge in [0.25, 0.3) is 0 Å². The minimum absolute atomic E-state index is 0.272. The SMILES string of the molecule is O=c1oc2cc(O[C@@H]3O[C@H](CO)[C@@H](O)[C@H](O)[C@H]3O)ccc2c2c1CCCCC2. The van der Waals surface area contributed by atoms with Gasteiger partial charge < -0.3 is 34.3 Å². The molecule has 0 unspecified atom stereocenters. The molecule has 0 saturated carbocycles. The number of aliphatic hydroxyl groups is 4. The molecule has 1 aromatic heterocycles. The average Bonchev–Trinajstić information content (AvgIpc) is 2.95. The van der Waals surface area contributed by atoms with Crippen molar-refractivity contribution >= 4 is 11.0 Å². The Bertz CT molecular complexity index is 905. The molecule has 0 spiro atoms. The van der Waals surface area contributed by atoms with Crippen molar-refractivity contribution in [3.8, 4) is 5.75 Å². The summed E-state index contributed by atoms with van der Waals surface area (Å²) < 4.78 is 16.5. The maximum atomic E-state index is 12.4. The van der Waals surface area contributed by atoms with Crippen LogP contribution in [-0.4, -0.2) is 57.7 Å². The molecule has 5 atom stereocenters. The zero-order valence-corrected chi connectivity index (χ0v) is 15.3. The Kier molecular flexibility index (Phi) is 5.39. The lowest BCUT2D eigenvalue weighted by molar-refractivity contribution is -0.277. The molecule has 8 nitrogen and oxygen atoms in total. The Morgan fingerprint density at radius 3 is 2.50 bits per heavy atom. The highest BCUT2D eigenvalue weighted by molar-refractivity contribution is 5.82. The van der Waals surface area contributed by atoms with E-state index in [2.05, 4.69) is 0 Å². The first-order chi connectivity index (χ1) is 13.5. The van der Waals surface area contributed by atoms with Gasteiger partial charge >= 0.3 is 5.63 Å². The Labute approximate surface area is 160 Å². The topological polar surface area (TPSA) is 130 Å². The molecule has 1 aromatic carbocycles. The molecule has 0 amide bonds. The van der Waals surface area contributed by atoms with Crippen molar-refractivity contribution in [3.63, 3.8) is 0 Å². The van der Waals surface area contributed by atoms with Gasteiger partial charge in [-0.3, -0.25) is 0 Å². The van der Waals surface area contributed by atoms with E-state index in [1.807, 2.05) is 6.07 Å². The zero-order valence-electron chi connectivity index (χ0n) is 15.3. The summed E-state index contributed by atoms with van der Waals surface area (Å²) >= 11 is 0. The molecule has 8 heteroatoms. The second-order valence-corrected chi connectivity index (χ2v) is 7.38. The van der Waals surface area contributed by atoms with Crippen molar-refractivity contribution in [2.45, 2.75) is 62.8 Å². The lowest BCUT2D eigenvalue weighted by Crippen LogP contribution is -2.60. The van der Waals surface area contributed by atoms with Crippen LogP contribution in [0.2, 0.25) is 0 Å². The molecule has 1 saturated heterocycles. The molecule has 152 valence electrons. The standard InChI is InChI=1S/C20H24O8/c21-9-15-16(22)17(23)18(24)20(28-15)26-10-6-7-12-11-4-2-1-3-5-13(11)19(25)27-14(12)8-10/h6-8,15-18,20-24H,1-5,9H2/t15-,16-,17+,18-,20-/m1/s1. The number of fused-ring (bicyclic) bond motifs is 3. The summed E-state index contributed by atoms with van der Waals surface area (Å²) in [5.74, 6) is 0.272. The molecule has 1 aliphatic heterocycles. The van der Waals surface area contributed by atoms with E-state index >= 15 is 0 Å². The number of aryl methyl sites for hydroxylation is 1. The average molecular weight is 392 g/mol. The van der Waals surface area contributed by atoms with Gasteiger partial charge in [0.2, 0.25) is 6.29 Å². The fourth-order valence-electron chi connectivity index (χ4n) is 3.97. The third-order valence-electron chi connectivity index (χ3n) is 5.55. The van der Waals surface area contributed by atoms with Crippen LogP contribution in [-0.2, 0) is 17.6 Å². The molecule has 2 aliphatic rings. The van der Waals surface area contributed by atoms with E-state index in [0.717, 1.165) is 48.6 Å². The molecule has 2 aromatic rings. The van der Waals surface area contributed by atoms with Gasteiger partial charge in [-0.2, -0.15) is 0 Å². The molecule has 2 heterocycles. The van der Waals surface area contributed by atoms with Gasteiger partial charge in [-0.15, -0.1) is 0 Å². The third-order valence-corrected chi connectivity index (χ3v) is 5.55. The number of ether oxygens (including phenoxy) is 2. The van der Waals surface area contributed by atoms with Crippen LogP contribution in [0.5, 0.6) is 5.75 Å². The summed E-state index contributed by atoms with van der Waals surface area (Å²) in [6.07, 6.45) is -2.22. The van der Waals surface area contributed by atoms with Gasteiger partial charge in [-0.1, -0.05) is 6.42 Å². The molecule has 0 bridgehead atoms. The van der Waals surface area contributed by atoms with E-state index in [0.29, 0.717) is 5.58 Å². The fraction of sp³-hybridized carbons (Fsp3) is 0.550. The van der Waals surface area contributed by atoms with Gasteiger partial charge in [0.1, 0.15) is 35.7 Å². The first kappa shape index (κ1) is 19.4. The second-order valence-electron chi connectivity index (χ2n) is 7.38. The van der Waals surface area contributed by atoms with Crippen LogP contribution in [0.1, 0.15) is 30.4 Å². The molecular formula is C20H24O8. The maximum Gasteiger partial charge on any atom is 0.339 e. The van der Waals surface area contributed by atoms with Crippen LogP contribution >= 0.6 is 0 Å². The smallest absolute Gasteiger partial charge is 0.339 e. The Hall–Kier alpha value is -1.97. The lowest BCUT2D eigenvalue weighted by atomic mass is 9.99. The van der Waals surface area contributed by atoms with Crippen LogP contribution in [0, 0.1) is 0 Å². The first-order valence-electron chi connectivity index (χ1n) is 9.55. The number of aliphatic hydroxyl groups excluding tert-OH is 4. The number of hydrogen-bond donors (Lipinski definition) is 4. The van der Waals surface area contributed by atoms with Gasteiger partial charge in [0.15, 0.2) is 0 Å². The van der Waals surface area contributed by atoms with E-state index in [1.165, 1.54) is 0 Å². The van der Waals surface area contributed by atoms with E-state index in [4.69, 9.17) is 13.9 Å². The van der Waals surface area contributed by atoms with Crippen molar-refractivity contribution < 1.29 is 34.3 Å². The van der Waals surface area contributed by atoms with E-state index in [-0.39, 0.29) is 11.4 Å². The van der Waals surface area contributed by atoms with E-state index < -0.39 is 37.3 Å². The highest BCUT2D eigenvalue weighted by atomic mass is 16.7. The van der Waals surface area contributed by atoms with E-state index in [1.54, 1.807) is 12.1 Å². The first-order valence-corrected chi connectivity index (χ1v) is 9.55. The van der Waals surface area contributed by atoms with Crippen molar-refractivity contribution in [2.75, 3.05) is 6.61 Å². The lowest BCUT2D eigenvalue weighted by Gasteiger charge is -2.39. The highest BCUT2D eigenvalue weighted by Gasteiger charge is 2.44. The number of hydrogen-bond acceptors (Lipinski definition) is 8. The molecule has 1 aliphatic carbocycles. The molecule has 28 heavy (non-hydrogen) atoms. The van der Waals surface area contributed by atoms with Crippen LogP contribution in [0.3, 0.4) is 0 Å². The van der Waals surface area contributed by atoms with Crippen molar-refractivity contribution in [1.29, 1.82) is 0 Å². The number of rotatable bonds is 3. The van der Waals surface area contributed by atoms with Gasteiger partial charge in [0, 0.05) is 17.0 Å². The third kappa shape index (κ3) is 3.42. The second kappa shape index (κ2) is 7.81. The summed E-state index contributed by atoms with van der Waals surface area (Å²) in [6, 6.07) is 5.03. The number of benzene rings is 1. The minimum Gasteiger partial charge on any atom is -0.462 e. The van der Waals surface area contributed by atoms with Crippen LogP contribution in [0.15, 0.2) is 27.4 Å². The molecule has 0 radical (unpaired) electrons. The van der Waals surface area contributed by atoms with Gasteiger partial charge in [0.05, 0.1) is 6.61 Å². The summed E-state index contributed by atoms with van der Waals surface area (Å²) in [5.41, 5.74) is 1.80. The Morgan fingerprint density at radius 2 is 1.75 bits per heavy atom. The minimum atomic E-state index is -1.52. The molecule has 1 fully saturated rings. The van der Waals surface area contributed by atoms with Crippen molar-refractivity contribution in [1.82, 2.24) is 0 Å². The largest absolute Gasteiger partial charge is 0.462 e. The van der Waals surface area contributed by atoms with Gasteiger partial charge in [-0.05, 0) is 43.4 Å². The normalized spacial score (nSPS) is 30.6. The van der Waals surface area contributed by atoms with Crippen molar-refractivity contribution in [3.05, 3.63) is 39.7 Å². The quantitative estimate of drug-likeness (QED) is 0.432. The monoisotopic (exact) mass is 392 g/mol. The maximum absolute atomic E-state index is 12.4. The highest BCUT2D eigenvalue weighted by Crippen LogP contribution is 2.30. The van der Waals surface area contributed by atoms with Gasteiger partial charge in [-0.25, -0.2) is 4.79 Å². The summed E-state index contributed by atoms with van der Waals surface area (Å²) in [7, 11) is 0. The van der Waals surface area contributed by atoms with Crippen molar-refractivity contribution in [2.24, 2.45) is 0 Å². The van der Waals surface area contributed by atoms with Crippen LogP contribution < -0.4 is 10.4 Å². The van der Waals surface area contributed by atoms with Crippen LogP contribution in [0.25, 0.3) is 11.0 Å². The molecule has 4 N–H and O–H groups in total. The molecular weight excluding hydrogens is 368 g/mol. The molecule has 4 rings (SSSR count). The summed E-state index contributed by atoms with van der Waals surface area (Å²) in [6.45, 7) is -0.538. The fourth-order valence-corrected chi connectivity index (χ4v) is 3.97.